The van der Waals surface area contributed by atoms with Gasteiger partial charge in [0.25, 0.3) is 0 Å². The lowest BCUT2D eigenvalue weighted by atomic mass is 9.92. The molecule has 0 bridgehead atoms. The minimum atomic E-state index is 0.275. The zero-order valence-electron chi connectivity index (χ0n) is 10.7. The normalized spacial score (nSPS) is 10.8. The molecular weight excluding hydrogens is 206 g/mol. The molecule has 0 aromatic heterocycles. The monoisotopic (exact) mass is 225 g/mol. The van der Waals surface area contributed by atoms with Crippen LogP contribution in [0.25, 0.3) is 0 Å². The quantitative estimate of drug-likeness (QED) is 0.841. The van der Waals surface area contributed by atoms with Crippen LogP contribution in [-0.4, -0.2) is 7.05 Å². The van der Waals surface area contributed by atoms with Gasteiger partial charge in [0, 0.05) is 0 Å². The molecule has 0 saturated carbocycles. The summed E-state index contributed by atoms with van der Waals surface area (Å²) in [6, 6.07) is 17.4. The molecule has 2 aromatic rings. The van der Waals surface area contributed by atoms with Gasteiger partial charge >= 0.3 is 0 Å². The van der Waals surface area contributed by atoms with Gasteiger partial charge in [-0.25, -0.2) is 0 Å². The number of rotatable bonds is 3. The van der Waals surface area contributed by atoms with Crippen molar-refractivity contribution in [2.24, 2.45) is 0 Å². The van der Waals surface area contributed by atoms with E-state index in [1.54, 1.807) is 0 Å². The lowest BCUT2D eigenvalue weighted by Crippen LogP contribution is -2.19. The third-order valence-electron chi connectivity index (χ3n) is 3.29. The van der Waals surface area contributed by atoms with Crippen LogP contribution in [0, 0.1) is 13.8 Å². The highest BCUT2D eigenvalue weighted by Crippen LogP contribution is 2.26. The Kier molecular flexibility index (Phi) is 3.60. The van der Waals surface area contributed by atoms with Crippen LogP contribution in [0.15, 0.2) is 48.5 Å². The molecule has 0 saturated heterocycles. The van der Waals surface area contributed by atoms with E-state index in [9.17, 15) is 0 Å². The van der Waals surface area contributed by atoms with Gasteiger partial charge in [-0.3, -0.25) is 0 Å². The van der Waals surface area contributed by atoms with Crippen molar-refractivity contribution in [1.82, 2.24) is 5.32 Å². The summed E-state index contributed by atoms with van der Waals surface area (Å²) in [5, 5.41) is 3.42. The highest BCUT2D eigenvalue weighted by molar-refractivity contribution is 5.40. The summed E-state index contributed by atoms with van der Waals surface area (Å²) >= 11 is 0. The van der Waals surface area contributed by atoms with Crippen molar-refractivity contribution in [3.63, 3.8) is 0 Å². The highest BCUT2D eigenvalue weighted by Gasteiger charge is 2.14. The Balaban J connectivity index is 2.48. The standard InChI is InChI=1S/C16H19N/c1-12-8-4-6-10-14(12)16(17-3)15-11-7-5-9-13(15)2/h4-11,16-17H,1-3H3. The maximum absolute atomic E-state index is 3.42. The van der Waals surface area contributed by atoms with E-state index in [0.717, 1.165) is 0 Å². The second kappa shape index (κ2) is 5.15. The van der Waals surface area contributed by atoms with Crippen molar-refractivity contribution in [3.8, 4) is 0 Å². The molecule has 17 heavy (non-hydrogen) atoms. The molecule has 0 spiro atoms. The number of hydrogen-bond acceptors (Lipinski definition) is 1. The number of hydrogen-bond donors (Lipinski definition) is 1. The molecule has 0 unspecified atom stereocenters. The van der Waals surface area contributed by atoms with Crippen molar-refractivity contribution in [3.05, 3.63) is 70.8 Å². The molecule has 88 valence electrons. The van der Waals surface area contributed by atoms with Gasteiger partial charge in [0.15, 0.2) is 0 Å². The van der Waals surface area contributed by atoms with Crippen LogP contribution in [0.3, 0.4) is 0 Å². The van der Waals surface area contributed by atoms with Gasteiger partial charge in [0.05, 0.1) is 6.04 Å². The van der Waals surface area contributed by atoms with Gasteiger partial charge in [-0.15, -0.1) is 0 Å². The van der Waals surface area contributed by atoms with E-state index in [1.807, 2.05) is 7.05 Å². The van der Waals surface area contributed by atoms with E-state index in [0.29, 0.717) is 0 Å². The zero-order valence-corrected chi connectivity index (χ0v) is 10.7. The SMILES string of the molecule is CNC(c1ccccc1C)c1ccccc1C. The van der Waals surface area contributed by atoms with Crippen molar-refractivity contribution in [2.75, 3.05) is 7.05 Å². The molecule has 0 aliphatic carbocycles. The fourth-order valence-corrected chi connectivity index (χ4v) is 2.30. The van der Waals surface area contributed by atoms with Gasteiger partial charge in [-0.2, -0.15) is 0 Å². The molecule has 2 aromatic carbocycles. The largest absolute Gasteiger partial charge is 0.309 e. The minimum Gasteiger partial charge on any atom is -0.309 e. The minimum absolute atomic E-state index is 0.275. The Hall–Kier alpha value is -1.60. The first-order valence-electron chi connectivity index (χ1n) is 6.02. The average molecular weight is 225 g/mol. The van der Waals surface area contributed by atoms with Crippen LogP contribution in [0.4, 0.5) is 0 Å². The van der Waals surface area contributed by atoms with Gasteiger partial charge in [0.1, 0.15) is 0 Å². The van der Waals surface area contributed by atoms with Crippen LogP contribution in [0.1, 0.15) is 28.3 Å². The first kappa shape index (κ1) is 11.9. The van der Waals surface area contributed by atoms with Gasteiger partial charge < -0.3 is 5.32 Å². The predicted molar refractivity (Wildman–Crippen MR) is 73.3 cm³/mol. The lowest BCUT2D eigenvalue weighted by Gasteiger charge is -2.21. The van der Waals surface area contributed by atoms with E-state index in [1.165, 1.54) is 22.3 Å². The van der Waals surface area contributed by atoms with Crippen molar-refractivity contribution >= 4 is 0 Å². The van der Waals surface area contributed by atoms with E-state index >= 15 is 0 Å². The summed E-state index contributed by atoms with van der Waals surface area (Å²) in [6.45, 7) is 4.33. The van der Waals surface area contributed by atoms with Crippen LogP contribution in [-0.2, 0) is 0 Å². The Labute approximate surface area is 103 Å². The topological polar surface area (TPSA) is 12.0 Å². The van der Waals surface area contributed by atoms with Gasteiger partial charge in [0.2, 0.25) is 0 Å². The maximum atomic E-state index is 3.42. The Morgan fingerprint density at radius 2 is 1.18 bits per heavy atom. The molecule has 0 fully saturated rings. The Morgan fingerprint density at radius 3 is 1.53 bits per heavy atom. The molecule has 0 aliphatic rings. The fraction of sp³-hybridized carbons (Fsp3) is 0.250. The summed E-state index contributed by atoms with van der Waals surface area (Å²) in [5.41, 5.74) is 5.36. The van der Waals surface area contributed by atoms with Crippen LogP contribution < -0.4 is 5.32 Å². The molecule has 0 atom stereocenters. The second-order valence-corrected chi connectivity index (χ2v) is 4.43. The van der Waals surface area contributed by atoms with Crippen molar-refractivity contribution in [2.45, 2.75) is 19.9 Å². The number of aryl methyl sites for hydroxylation is 2. The molecule has 1 heteroatoms. The van der Waals surface area contributed by atoms with E-state index in [2.05, 4.69) is 67.7 Å². The summed E-state index contributed by atoms with van der Waals surface area (Å²) in [4.78, 5) is 0. The van der Waals surface area contributed by atoms with Gasteiger partial charge in [-0.05, 0) is 43.1 Å². The Bertz CT molecular complexity index is 457. The van der Waals surface area contributed by atoms with Gasteiger partial charge in [-0.1, -0.05) is 48.5 Å². The van der Waals surface area contributed by atoms with E-state index in [4.69, 9.17) is 0 Å². The third kappa shape index (κ3) is 2.40. The predicted octanol–water partition coefficient (Wildman–Crippen LogP) is 3.61. The van der Waals surface area contributed by atoms with Crippen LogP contribution in [0.2, 0.25) is 0 Å². The van der Waals surface area contributed by atoms with Crippen LogP contribution >= 0.6 is 0 Å². The highest BCUT2D eigenvalue weighted by atomic mass is 14.9. The smallest absolute Gasteiger partial charge is 0.0579 e. The third-order valence-corrected chi connectivity index (χ3v) is 3.29. The summed E-state index contributed by atoms with van der Waals surface area (Å²) < 4.78 is 0. The van der Waals surface area contributed by atoms with Crippen LogP contribution in [0.5, 0.6) is 0 Å². The zero-order chi connectivity index (χ0) is 12.3. The van der Waals surface area contributed by atoms with E-state index < -0.39 is 0 Å². The van der Waals surface area contributed by atoms with E-state index in [-0.39, 0.29) is 6.04 Å². The molecule has 1 nitrogen and oxygen atoms in total. The van der Waals surface area contributed by atoms with Crippen molar-refractivity contribution < 1.29 is 0 Å². The average Bonchev–Trinajstić information content (AvgIpc) is 2.34. The number of nitrogens with one attached hydrogen (secondary N) is 1. The van der Waals surface area contributed by atoms with Crippen molar-refractivity contribution in [1.29, 1.82) is 0 Å². The maximum Gasteiger partial charge on any atom is 0.0579 e. The first-order chi connectivity index (χ1) is 8.24. The summed E-state index contributed by atoms with van der Waals surface area (Å²) in [6.07, 6.45) is 0. The second-order valence-electron chi connectivity index (χ2n) is 4.43. The molecular formula is C16H19N. The fourth-order valence-electron chi connectivity index (χ4n) is 2.30. The molecule has 0 heterocycles. The number of benzene rings is 2. The lowest BCUT2D eigenvalue weighted by molar-refractivity contribution is 0.683. The first-order valence-corrected chi connectivity index (χ1v) is 6.02. The Morgan fingerprint density at radius 1 is 0.765 bits per heavy atom. The molecule has 2 rings (SSSR count). The summed E-state index contributed by atoms with van der Waals surface area (Å²) in [5.74, 6) is 0. The molecule has 0 aliphatic heterocycles. The molecule has 0 radical (unpaired) electrons. The molecule has 1 N–H and O–H groups in total. The molecule has 0 amide bonds. The summed E-state index contributed by atoms with van der Waals surface area (Å²) in [7, 11) is 2.02.